The molecule has 0 aromatic heterocycles. The van der Waals surface area contributed by atoms with Gasteiger partial charge in [-0.15, -0.1) is 0 Å². The highest BCUT2D eigenvalue weighted by Gasteiger charge is 2.50. The lowest BCUT2D eigenvalue weighted by Gasteiger charge is -2.40. The fourth-order valence-corrected chi connectivity index (χ4v) is 9.11. The van der Waals surface area contributed by atoms with E-state index in [1.807, 2.05) is 18.2 Å². The average molecular weight is 1110 g/mol. The van der Waals surface area contributed by atoms with Crippen LogP contribution in [0.15, 0.2) is 85.1 Å². The van der Waals surface area contributed by atoms with Gasteiger partial charge in [-0.25, -0.2) is 4.79 Å². The van der Waals surface area contributed by atoms with Crippen molar-refractivity contribution in [2.24, 2.45) is 0 Å². The van der Waals surface area contributed by atoms with Gasteiger partial charge in [0.1, 0.15) is 18.8 Å². The molecule has 79 heavy (non-hydrogen) atoms. The summed E-state index contributed by atoms with van der Waals surface area (Å²) < 4.78 is 28.4. The van der Waals surface area contributed by atoms with Crippen LogP contribution in [0.2, 0.25) is 0 Å². The normalized spacial score (nSPS) is 18.4. The zero-order valence-electron chi connectivity index (χ0n) is 49.8. The standard InChI is InChI=1S/C67H112O12/c1-4-7-10-13-16-19-22-25-27-29-30-32-33-36-38-41-44-47-50-53-59(68)75-56-58(77-60(69)54-51-48-45-42-40-37-34-31-28-26-23-20-17-14-11-8-5-2)57-76-67-65(63(72)62(71)64(79-67)66(73)74)78-61(70)55-52-49-46-43-39-35-24-21-18-15-12-9-6-3/h9,12,16,18-19,21,25-28,35,39,46,49,58,62-65,67,71-72H,4-8,10-11,13-15,17,20,22-24,29-34,36-38,40-45,47-48,50-57H2,1-3H3,(H,73,74)/b12-9-,19-16-,21-18-,27-25-,28-26-,39-35-,49-46-. The minimum Gasteiger partial charge on any atom is -0.479 e. The highest BCUT2D eigenvalue weighted by atomic mass is 16.7. The first-order valence-electron chi connectivity index (χ1n) is 31.6. The molecule has 3 N–H and O–H groups in total. The summed E-state index contributed by atoms with van der Waals surface area (Å²) in [5.74, 6) is -3.23. The third-order valence-corrected chi connectivity index (χ3v) is 13.9. The summed E-state index contributed by atoms with van der Waals surface area (Å²) in [5.41, 5.74) is 0. The Labute approximate surface area is 480 Å². The molecule has 1 aliphatic heterocycles. The fraction of sp³-hybridized carbons (Fsp3) is 0.731. The first-order valence-corrected chi connectivity index (χ1v) is 31.6. The number of carboxylic acids is 1. The maximum absolute atomic E-state index is 13.2. The van der Waals surface area contributed by atoms with Crippen molar-refractivity contribution in [3.63, 3.8) is 0 Å². The molecule has 0 saturated carbocycles. The van der Waals surface area contributed by atoms with Crippen molar-refractivity contribution in [3.05, 3.63) is 85.1 Å². The van der Waals surface area contributed by atoms with E-state index in [1.54, 1.807) is 0 Å². The molecule has 452 valence electrons. The van der Waals surface area contributed by atoms with Gasteiger partial charge < -0.3 is 39.0 Å². The van der Waals surface area contributed by atoms with Crippen molar-refractivity contribution in [2.45, 2.75) is 302 Å². The van der Waals surface area contributed by atoms with Crippen molar-refractivity contribution in [1.29, 1.82) is 0 Å². The van der Waals surface area contributed by atoms with Gasteiger partial charge in [0.2, 0.25) is 0 Å². The zero-order valence-corrected chi connectivity index (χ0v) is 49.8. The van der Waals surface area contributed by atoms with Crippen LogP contribution in [0.4, 0.5) is 0 Å². The van der Waals surface area contributed by atoms with Gasteiger partial charge in [0.05, 0.1) is 6.61 Å². The second-order valence-electron chi connectivity index (χ2n) is 21.3. The minimum atomic E-state index is -1.93. The Morgan fingerprint density at radius 2 is 0.823 bits per heavy atom. The predicted octanol–water partition coefficient (Wildman–Crippen LogP) is 16.7. The van der Waals surface area contributed by atoms with Crippen LogP contribution in [-0.2, 0) is 42.9 Å². The van der Waals surface area contributed by atoms with E-state index in [4.69, 9.17) is 23.7 Å². The van der Waals surface area contributed by atoms with Gasteiger partial charge in [0.15, 0.2) is 24.6 Å². The van der Waals surface area contributed by atoms with Gasteiger partial charge in [-0.3, -0.25) is 14.4 Å². The molecule has 0 aliphatic carbocycles. The summed E-state index contributed by atoms with van der Waals surface area (Å²) >= 11 is 0. The lowest BCUT2D eigenvalue weighted by Crippen LogP contribution is -2.61. The number of esters is 3. The molecule has 1 rings (SSSR count). The predicted molar refractivity (Wildman–Crippen MR) is 321 cm³/mol. The highest BCUT2D eigenvalue weighted by molar-refractivity contribution is 5.74. The molecule has 12 heteroatoms. The first-order chi connectivity index (χ1) is 38.6. The van der Waals surface area contributed by atoms with E-state index in [0.717, 1.165) is 83.5 Å². The van der Waals surface area contributed by atoms with E-state index in [-0.39, 0.29) is 25.9 Å². The molecule has 6 unspecified atom stereocenters. The van der Waals surface area contributed by atoms with Crippen LogP contribution in [0.1, 0.15) is 265 Å². The number of carbonyl (C=O) groups excluding carboxylic acids is 3. The number of rotatable bonds is 53. The SMILES string of the molecule is CC/C=C\C/C=C\C/C=C\C/C=C\CCC(=O)OC1C(OCC(COC(=O)CCCCCCCCCCC/C=C\C/C=C\CCCCC)OC(=O)CCCCCCCCC/C=C\CCCCCCCC)OC(C(=O)O)C(O)C1O. The molecule has 0 aromatic carbocycles. The Hall–Kier alpha value is -4.10. The summed E-state index contributed by atoms with van der Waals surface area (Å²) in [7, 11) is 0. The Kier molecular flexibility index (Phi) is 50.3. The Balaban J connectivity index is 2.69. The molecule has 1 saturated heterocycles. The van der Waals surface area contributed by atoms with E-state index in [1.165, 1.54) is 116 Å². The lowest BCUT2D eigenvalue weighted by molar-refractivity contribution is -0.301. The average Bonchev–Trinajstić information content (AvgIpc) is 3.46. The third kappa shape index (κ3) is 44.3. The second-order valence-corrected chi connectivity index (χ2v) is 21.3. The quantitative estimate of drug-likeness (QED) is 0.0228. The number of carbonyl (C=O) groups is 4. The molecule has 6 atom stereocenters. The molecule has 0 amide bonds. The van der Waals surface area contributed by atoms with Crippen LogP contribution in [-0.4, -0.2) is 89.2 Å². The number of carboxylic acid groups (broad SMARTS) is 1. The first kappa shape index (κ1) is 72.9. The van der Waals surface area contributed by atoms with Crippen molar-refractivity contribution < 1.29 is 58.2 Å². The van der Waals surface area contributed by atoms with E-state index >= 15 is 0 Å². The molecule has 1 heterocycles. The van der Waals surface area contributed by atoms with E-state index in [0.29, 0.717) is 25.7 Å². The number of aliphatic hydroxyl groups is 2. The Morgan fingerprint density at radius 3 is 1.30 bits per heavy atom. The Bertz CT molecular complexity index is 1700. The molecule has 1 fully saturated rings. The molecule has 0 aromatic rings. The number of unbranched alkanes of at least 4 members (excludes halogenated alkanes) is 25. The van der Waals surface area contributed by atoms with Gasteiger partial charge >= 0.3 is 23.9 Å². The maximum atomic E-state index is 13.2. The van der Waals surface area contributed by atoms with Crippen LogP contribution in [0.25, 0.3) is 0 Å². The van der Waals surface area contributed by atoms with Crippen LogP contribution >= 0.6 is 0 Å². The summed E-state index contributed by atoms with van der Waals surface area (Å²) in [6, 6.07) is 0. The molecule has 1 aliphatic rings. The summed E-state index contributed by atoms with van der Waals surface area (Å²) in [6.45, 7) is 5.82. The van der Waals surface area contributed by atoms with Crippen molar-refractivity contribution in [2.75, 3.05) is 13.2 Å². The molecule has 0 bridgehead atoms. The van der Waals surface area contributed by atoms with Crippen LogP contribution in [0.3, 0.4) is 0 Å². The maximum Gasteiger partial charge on any atom is 0.335 e. The largest absolute Gasteiger partial charge is 0.479 e. The second kappa shape index (κ2) is 54.5. The van der Waals surface area contributed by atoms with Gasteiger partial charge in [-0.05, 0) is 103 Å². The van der Waals surface area contributed by atoms with Crippen LogP contribution in [0, 0.1) is 0 Å². The summed E-state index contributed by atoms with van der Waals surface area (Å²) in [6.07, 6.45) is 58.5. The molecular formula is C67H112O12. The molecular weight excluding hydrogens is 997 g/mol. The zero-order chi connectivity index (χ0) is 57.5. The highest BCUT2D eigenvalue weighted by Crippen LogP contribution is 2.26. The topological polar surface area (TPSA) is 175 Å². The van der Waals surface area contributed by atoms with Gasteiger partial charge in [-0.1, -0.05) is 228 Å². The lowest BCUT2D eigenvalue weighted by atomic mass is 9.98. The minimum absolute atomic E-state index is 0.0634. The number of allylic oxidation sites excluding steroid dienone is 14. The van der Waals surface area contributed by atoms with Gasteiger partial charge in [0.25, 0.3) is 0 Å². The number of aliphatic carboxylic acids is 1. The molecule has 12 nitrogen and oxygen atoms in total. The van der Waals surface area contributed by atoms with E-state index in [2.05, 4.69) is 87.6 Å². The molecule has 0 radical (unpaired) electrons. The smallest absolute Gasteiger partial charge is 0.335 e. The van der Waals surface area contributed by atoms with Crippen LogP contribution in [0.5, 0.6) is 0 Å². The number of hydrogen-bond acceptors (Lipinski definition) is 11. The number of hydrogen-bond donors (Lipinski definition) is 3. The summed E-state index contributed by atoms with van der Waals surface area (Å²) in [5, 5.41) is 31.5. The number of ether oxygens (including phenoxy) is 5. The Morgan fingerprint density at radius 1 is 0.430 bits per heavy atom. The van der Waals surface area contributed by atoms with Crippen molar-refractivity contribution >= 4 is 23.9 Å². The van der Waals surface area contributed by atoms with Crippen molar-refractivity contribution in [3.8, 4) is 0 Å². The summed E-state index contributed by atoms with van der Waals surface area (Å²) in [4.78, 5) is 51.2. The number of aliphatic hydroxyl groups excluding tert-OH is 2. The van der Waals surface area contributed by atoms with Crippen LogP contribution < -0.4 is 0 Å². The van der Waals surface area contributed by atoms with Gasteiger partial charge in [0, 0.05) is 19.3 Å². The monoisotopic (exact) mass is 1110 g/mol. The van der Waals surface area contributed by atoms with E-state index < -0.39 is 67.3 Å². The van der Waals surface area contributed by atoms with Crippen molar-refractivity contribution in [1.82, 2.24) is 0 Å². The van der Waals surface area contributed by atoms with Gasteiger partial charge in [-0.2, -0.15) is 0 Å². The van der Waals surface area contributed by atoms with E-state index in [9.17, 15) is 34.5 Å². The third-order valence-electron chi connectivity index (χ3n) is 13.9. The molecule has 0 spiro atoms. The fourth-order valence-electron chi connectivity index (χ4n) is 9.11.